The first-order valence-corrected chi connectivity index (χ1v) is 10.1. The standard InChI is InChI=1S/C18H17F8NOS/c1-10(17-14(20)8-12(19)9-15(17)21)16(18(28)27(2)3)11-5-4-6-13(7-11)29(22,23,24,25)26/h4-10,16H,1-3H3/t10-,16+/m1/s1. The monoisotopic (exact) mass is 447 g/mol. The fourth-order valence-corrected chi connectivity index (χ4v) is 3.72. The summed E-state index contributed by atoms with van der Waals surface area (Å²) in [7, 11) is -7.57. The number of amides is 1. The van der Waals surface area contributed by atoms with Crippen molar-refractivity contribution in [2.45, 2.75) is 23.7 Å². The largest absolute Gasteiger partial charge is 0.348 e. The van der Waals surface area contributed by atoms with Crippen LogP contribution in [-0.4, -0.2) is 24.9 Å². The Morgan fingerprint density at radius 2 is 1.45 bits per heavy atom. The Hall–Kier alpha value is -2.30. The molecule has 2 nitrogen and oxygen atoms in total. The molecule has 2 aromatic rings. The van der Waals surface area contributed by atoms with E-state index >= 15 is 0 Å². The molecule has 0 aliphatic carbocycles. The fourth-order valence-electron chi connectivity index (χ4n) is 3.03. The van der Waals surface area contributed by atoms with Crippen LogP contribution in [0.2, 0.25) is 0 Å². The van der Waals surface area contributed by atoms with Crippen LogP contribution >= 0.6 is 10.2 Å². The molecule has 2 aromatic carbocycles. The molecule has 0 saturated heterocycles. The van der Waals surface area contributed by atoms with E-state index in [9.17, 15) is 37.4 Å². The third-order valence-corrected chi connectivity index (χ3v) is 5.51. The van der Waals surface area contributed by atoms with Crippen molar-refractivity contribution in [1.82, 2.24) is 4.90 Å². The Labute approximate surface area is 161 Å². The zero-order chi connectivity index (χ0) is 22.4. The van der Waals surface area contributed by atoms with Gasteiger partial charge in [-0.1, -0.05) is 38.5 Å². The molecule has 0 spiro atoms. The van der Waals surface area contributed by atoms with Gasteiger partial charge in [-0.3, -0.25) is 4.79 Å². The Kier molecular flexibility index (Phi) is 5.24. The molecular weight excluding hydrogens is 430 g/mol. The maximum Gasteiger partial charge on any atom is 0.310 e. The molecule has 1 amide bonds. The van der Waals surface area contributed by atoms with Gasteiger partial charge in [0.05, 0.1) is 5.92 Å². The lowest BCUT2D eigenvalue weighted by atomic mass is 9.81. The lowest BCUT2D eigenvalue weighted by molar-refractivity contribution is -0.130. The van der Waals surface area contributed by atoms with Crippen molar-refractivity contribution in [3.05, 3.63) is 65.0 Å². The number of likely N-dealkylation sites (N-methyl/N-ethyl adjacent to an activating group) is 1. The predicted molar refractivity (Wildman–Crippen MR) is 94.0 cm³/mol. The van der Waals surface area contributed by atoms with Gasteiger partial charge in [-0.2, -0.15) is 0 Å². The highest BCUT2D eigenvalue weighted by atomic mass is 32.5. The van der Waals surface area contributed by atoms with Crippen molar-refractivity contribution in [3.63, 3.8) is 0 Å². The molecule has 0 radical (unpaired) electrons. The first kappa shape index (κ1) is 23.0. The summed E-state index contributed by atoms with van der Waals surface area (Å²) >= 11 is 0. The Balaban J connectivity index is 2.70. The molecule has 11 heteroatoms. The molecule has 162 valence electrons. The Morgan fingerprint density at radius 3 is 1.90 bits per heavy atom. The predicted octanol–water partition coefficient (Wildman–Crippen LogP) is 6.74. The number of carbonyl (C=O) groups excluding carboxylic acids is 1. The van der Waals surface area contributed by atoms with Crippen molar-refractivity contribution < 1.29 is 37.4 Å². The molecule has 0 fully saturated rings. The van der Waals surface area contributed by atoms with Crippen molar-refractivity contribution in [2.75, 3.05) is 14.1 Å². The lowest BCUT2D eigenvalue weighted by Gasteiger charge is -2.41. The van der Waals surface area contributed by atoms with Gasteiger partial charge in [-0.25, -0.2) is 13.2 Å². The summed E-state index contributed by atoms with van der Waals surface area (Å²) < 4.78 is 108. The maximum atomic E-state index is 14.2. The molecule has 29 heavy (non-hydrogen) atoms. The van der Waals surface area contributed by atoms with Crippen LogP contribution in [0.3, 0.4) is 0 Å². The summed E-state index contributed by atoms with van der Waals surface area (Å²) in [6.07, 6.45) is 0. The van der Waals surface area contributed by atoms with Gasteiger partial charge in [0, 0.05) is 37.7 Å². The molecule has 0 aliphatic heterocycles. The van der Waals surface area contributed by atoms with Gasteiger partial charge in [0.2, 0.25) is 5.91 Å². The van der Waals surface area contributed by atoms with Gasteiger partial charge in [0.25, 0.3) is 0 Å². The second-order valence-corrected chi connectivity index (χ2v) is 9.23. The number of halogens is 8. The topological polar surface area (TPSA) is 20.3 Å². The first-order chi connectivity index (χ1) is 12.9. The molecular formula is C18H17F8NOS. The van der Waals surface area contributed by atoms with Crippen LogP contribution in [0.1, 0.15) is 29.9 Å². The van der Waals surface area contributed by atoms with Crippen LogP contribution in [0.15, 0.2) is 41.3 Å². The summed E-state index contributed by atoms with van der Waals surface area (Å²) in [4.78, 5) is 11.3. The summed E-state index contributed by atoms with van der Waals surface area (Å²) in [5, 5.41) is 0. The highest BCUT2D eigenvalue weighted by Gasteiger charge is 2.65. The van der Waals surface area contributed by atoms with Crippen LogP contribution in [0.4, 0.5) is 32.6 Å². The molecule has 0 saturated carbocycles. The summed E-state index contributed by atoms with van der Waals surface area (Å²) in [5.41, 5.74) is -1.26. The van der Waals surface area contributed by atoms with Gasteiger partial charge in [0.1, 0.15) is 22.3 Å². The summed E-state index contributed by atoms with van der Waals surface area (Å²) in [5.74, 6) is -7.88. The Morgan fingerprint density at radius 1 is 0.931 bits per heavy atom. The van der Waals surface area contributed by atoms with Gasteiger partial charge in [-0.05, 0) is 17.7 Å². The minimum Gasteiger partial charge on any atom is -0.348 e. The van der Waals surface area contributed by atoms with Crippen LogP contribution in [0, 0.1) is 17.5 Å². The quantitative estimate of drug-likeness (QED) is 0.465. The van der Waals surface area contributed by atoms with Crippen molar-refractivity contribution in [3.8, 4) is 0 Å². The van der Waals surface area contributed by atoms with Gasteiger partial charge in [-0.15, -0.1) is 0 Å². The number of carbonyl (C=O) groups is 1. The van der Waals surface area contributed by atoms with Crippen molar-refractivity contribution in [1.29, 1.82) is 0 Å². The minimum atomic E-state index is -10.1. The highest BCUT2D eigenvalue weighted by molar-refractivity contribution is 8.45. The van der Waals surface area contributed by atoms with Crippen LogP contribution in [0.5, 0.6) is 0 Å². The molecule has 2 rings (SSSR count). The van der Waals surface area contributed by atoms with E-state index in [2.05, 4.69) is 0 Å². The van der Waals surface area contributed by atoms with E-state index < -0.39 is 61.4 Å². The molecule has 2 atom stereocenters. The number of benzene rings is 2. The summed E-state index contributed by atoms with van der Waals surface area (Å²) in [6.45, 7) is 1.14. The Bertz CT molecular complexity index is 936. The third-order valence-electron chi connectivity index (χ3n) is 4.37. The van der Waals surface area contributed by atoms with Crippen molar-refractivity contribution >= 4 is 16.1 Å². The SMILES string of the molecule is C[C@@H](c1c(F)cc(F)cc1F)[C@H](C(=O)N(C)C)c1cccc(S(F)(F)(F)(F)F)c1. The molecule has 0 heterocycles. The van der Waals surface area contributed by atoms with E-state index in [1.165, 1.54) is 14.1 Å². The molecule has 0 aromatic heterocycles. The average molecular weight is 447 g/mol. The zero-order valence-corrected chi connectivity index (χ0v) is 16.2. The van der Waals surface area contributed by atoms with Crippen LogP contribution < -0.4 is 0 Å². The summed E-state index contributed by atoms with van der Waals surface area (Å²) in [6, 6.07) is 2.64. The van der Waals surface area contributed by atoms with E-state index in [0.29, 0.717) is 18.2 Å². The normalized spacial score (nSPS) is 16.5. The van der Waals surface area contributed by atoms with Crippen LogP contribution in [0.25, 0.3) is 0 Å². The second-order valence-electron chi connectivity index (χ2n) is 6.82. The van der Waals surface area contributed by atoms with E-state index in [1.807, 2.05) is 0 Å². The minimum absolute atomic E-state index is 0.101. The lowest BCUT2D eigenvalue weighted by Crippen LogP contribution is -2.32. The van der Waals surface area contributed by atoms with E-state index in [0.717, 1.165) is 17.9 Å². The number of hydrogen-bond donors (Lipinski definition) is 0. The van der Waals surface area contributed by atoms with Gasteiger partial charge >= 0.3 is 10.2 Å². The maximum absolute atomic E-state index is 14.2. The van der Waals surface area contributed by atoms with Crippen LogP contribution in [-0.2, 0) is 4.79 Å². The van der Waals surface area contributed by atoms with Gasteiger partial charge in [0.15, 0.2) is 0 Å². The highest BCUT2D eigenvalue weighted by Crippen LogP contribution is 3.02. The first-order valence-electron chi connectivity index (χ1n) is 8.12. The second kappa shape index (κ2) is 6.61. The number of hydrogen-bond acceptors (Lipinski definition) is 1. The number of nitrogens with zero attached hydrogens (tertiary/aromatic N) is 1. The molecule has 0 aliphatic rings. The van der Waals surface area contributed by atoms with Crippen molar-refractivity contribution in [2.24, 2.45) is 0 Å². The van der Waals surface area contributed by atoms with Gasteiger partial charge < -0.3 is 4.90 Å². The number of rotatable bonds is 5. The van der Waals surface area contributed by atoms with E-state index in [1.54, 1.807) is 0 Å². The van der Waals surface area contributed by atoms with E-state index in [-0.39, 0.29) is 12.1 Å². The molecule has 0 N–H and O–H groups in total. The molecule has 0 unspecified atom stereocenters. The third kappa shape index (κ3) is 5.01. The average Bonchev–Trinajstić information content (AvgIpc) is 2.52. The smallest absolute Gasteiger partial charge is 0.310 e. The fraction of sp³-hybridized carbons (Fsp3) is 0.278. The van der Waals surface area contributed by atoms with E-state index in [4.69, 9.17) is 0 Å². The molecule has 0 bridgehead atoms. The zero-order valence-electron chi connectivity index (χ0n) is 15.4.